The van der Waals surface area contributed by atoms with Gasteiger partial charge in [0.05, 0.1) is 11.1 Å². The maximum Gasteiger partial charge on any atom is 0.276 e. The molecule has 1 aromatic rings. The Bertz CT molecular complexity index is 419. The Morgan fingerprint density at radius 1 is 1.12 bits per heavy atom. The third-order valence-corrected chi connectivity index (χ3v) is 2.79. The van der Waals surface area contributed by atoms with Gasteiger partial charge >= 0.3 is 0 Å². The zero-order chi connectivity index (χ0) is 12.4. The van der Waals surface area contributed by atoms with Crippen LogP contribution in [0.5, 0.6) is 0 Å². The molecule has 17 heavy (non-hydrogen) atoms. The van der Waals surface area contributed by atoms with Crippen LogP contribution in [0.25, 0.3) is 0 Å². The first-order valence-electron chi connectivity index (χ1n) is 5.82. The van der Waals surface area contributed by atoms with Gasteiger partial charge in [-0.1, -0.05) is 26.0 Å². The first kappa shape index (κ1) is 11.8. The van der Waals surface area contributed by atoms with Crippen molar-refractivity contribution in [2.45, 2.75) is 20.3 Å². The van der Waals surface area contributed by atoms with Gasteiger partial charge in [-0.25, -0.2) is 10.4 Å². The van der Waals surface area contributed by atoms with Crippen molar-refractivity contribution in [2.24, 2.45) is 5.92 Å². The van der Waals surface area contributed by atoms with Crippen molar-refractivity contribution in [3.8, 4) is 0 Å². The molecule has 1 aliphatic rings. The van der Waals surface area contributed by atoms with E-state index in [1.54, 1.807) is 24.3 Å². The Hall–Kier alpha value is -1.68. The molecule has 0 radical (unpaired) electrons. The molecule has 4 nitrogen and oxygen atoms in total. The van der Waals surface area contributed by atoms with E-state index in [-0.39, 0.29) is 11.8 Å². The molecule has 0 bridgehead atoms. The monoisotopic (exact) mass is 232 g/mol. The zero-order valence-corrected chi connectivity index (χ0v) is 10.1. The molecule has 0 fully saturated rings. The first-order valence-corrected chi connectivity index (χ1v) is 5.82. The minimum absolute atomic E-state index is 0.255. The maximum atomic E-state index is 11.9. The van der Waals surface area contributed by atoms with E-state index in [4.69, 9.17) is 0 Å². The van der Waals surface area contributed by atoms with Gasteiger partial charge in [0, 0.05) is 6.54 Å². The molecule has 0 saturated heterocycles. The van der Waals surface area contributed by atoms with Gasteiger partial charge in [-0.15, -0.1) is 0 Å². The van der Waals surface area contributed by atoms with Gasteiger partial charge < -0.3 is 0 Å². The quantitative estimate of drug-likeness (QED) is 0.806. The number of carbonyl (C=O) groups is 2. The minimum atomic E-state index is -0.255. The smallest absolute Gasteiger partial charge is 0.267 e. The van der Waals surface area contributed by atoms with E-state index in [1.807, 2.05) is 0 Å². The van der Waals surface area contributed by atoms with Crippen molar-refractivity contribution in [2.75, 3.05) is 6.54 Å². The summed E-state index contributed by atoms with van der Waals surface area (Å²) in [6, 6.07) is 6.89. The lowest BCUT2D eigenvalue weighted by atomic mass is 10.1. The van der Waals surface area contributed by atoms with Crippen LogP contribution in [0.15, 0.2) is 24.3 Å². The fraction of sp³-hybridized carbons (Fsp3) is 0.385. The summed E-state index contributed by atoms with van der Waals surface area (Å²) in [5.41, 5.74) is 3.86. The van der Waals surface area contributed by atoms with Crippen molar-refractivity contribution in [3.05, 3.63) is 35.4 Å². The Morgan fingerprint density at radius 3 is 2.12 bits per heavy atom. The number of hydrogen-bond acceptors (Lipinski definition) is 3. The number of nitrogens with zero attached hydrogens (tertiary/aromatic N) is 1. The van der Waals surface area contributed by atoms with Gasteiger partial charge in [0.1, 0.15) is 0 Å². The third kappa shape index (κ3) is 2.22. The van der Waals surface area contributed by atoms with Gasteiger partial charge in [0.25, 0.3) is 11.8 Å². The SMILES string of the molecule is CC(C)CCNN1C(=O)c2ccccc2C1=O. The highest BCUT2D eigenvalue weighted by Crippen LogP contribution is 2.20. The van der Waals surface area contributed by atoms with Crippen LogP contribution in [0.4, 0.5) is 0 Å². The molecule has 2 rings (SSSR count). The molecule has 0 atom stereocenters. The Kier molecular flexibility index (Phi) is 3.24. The maximum absolute atomic E-state index is 11.9. The summed E-state index contributed by atoms with van der Waals surface area (Å²) in [6.07, 6.45) is 0.924. The molecule has 0 aromatic heterocycles. The van der Waals surface area contributed by atoms with Crippen LogP contribution < -0.4 is 5.43 Å². The zero-order valence-electron chi connectivity index (χ0n) is 10.1. The third-order valence-electron chi connectivity index (χ3n) is 2.79. The van der Waals surface area contributed by atoms with E-state index < -0.39 is 0 Å². The number of benzene rings is 1. The number of nitrogens with one attached hydrogen (secondary N) is 1. The lowest BCUT2D eigenvalue weighted by Crippen LogP contribution is -2.43. The molecular weight excluding hydrogens is 216 g/mol. The average molecular weight is 232 g/mol. The second-order valence-electron chi connectivity index (χ2n) is 4.58. The van der Waals surface area contributed by atoms with Gasteiger partial charge in [0.15, 0.2) is 0 Å². The fourth-order valence-corrected chi connectivity index (χ4v) is 1.80. The van der Waals surface area contributed by atoms with Gasteiger partial charge in [-0.2, -0.15) is 0 Å². The molecule has 0 aliphatic carbocycles. The number of rotatable bonds is 4. The molecule has 0 spiro atoms. The molecule has 2 amide bonds. The summed E-state index contributed by atoms with van der Waals surface area (Å²) in [5.74, 6) is 0.0291. The lowest BCUT2D eigenvalue weighted by molar-refractivity contribution is 0.0564. The predicted molar refractivity (Wildman–Crippen MR) is 64.4 cm³/mol. The van der Waals surface area contributed by atoms with Crippen LogP contribution in [0.3, 0.4) is 0 Å². The van der Waals surface area contributed by atoms with E-state index in [9.17, 15) is 9.59 Å². The highest BCUT2D eigenvalue weighted by Gasteiger charge is 2.34. The van der Waals surface area contributed by atoms with E-state index in [1.165, 1.54) is 0 Å². The fourth-order valence-electron chi connectivity index (χ4n) is 1.80. The first-order chi connectivity index (χ1) is 8.11. The van der Waals surface area contributed by atoms with Crippen LogP contribution in [0.1, 0.15) is 41.0 Å². The second kappa shape index (κ2) is 4.67. The summed E-state index contributed by atoms with van der Waals surface area (Å²) >= 11 is 0. The van der Waals surface area contributed by atoms with Crippen LogP contribution in [0.2, 0.25) is 0 Å². The number of amides is 2. The molecule has 1 aromatic carbocycles. The molecular formula is C13H16N2O2. The lowest BCUT2D eigenvalue weighted by Gasteiger charge is -2.15. The van der Waals surface area contributed by atoms with Crippen molar-refractivity contribution < 1.29 is 9.59 Å². The van der Waals surface area contributed by atoms with Crippen molar-refractivity contribution >= 4 is 11.8 Å². The van der Waals surface area contributed by atoms with Gasteiger partial charge in [-0.3, -0.25) is 9.59 Å². The van der Waals surface area contributed by atoms with E-state index in [0.29, 0.717) is 23.6 Å². The molecule has 1 aliphatic heterocycles. The predicted octanol–water partition coefficient (Wildman–Crippen LogP) is 1.83. The number of hydrazine groups is 1. The van der Waals surface area contributed by atoms with Crippen molar-refractivity contribution in [1.29, 1.82) is 0 Å². The molecule has 90 valence electrons. The number of hydrogen-bond donors (Lipinski definition) is 1. The number of fused-ring (bicyclic) bond motifs is 1. The summed E-state index contributed by atoms with van der Waals surface area (Å²) in [7, 11) is 0. The molecule has 1 heterocycles. The van der Waals surface area contributed by atoms with E-state index >= 15 is 0 Å². The van der Waals surface area contributed by atoms with Crippen molar-refractivity contribution in [1.82, 2.24) is 10.4 Å². The Morgan fingerprint density at radius 2 is 1.65 bits per heavy atom. The van der Waals surface area contributed by atoms with Crippen LogP contribution in [-0.4, -0.2) is 23.4 Å². The number of imide groups is 1. The molecule has 0 unspecified atom stereocenters. The van der Waals surface area contributed by atoms with Crippen LogP contribution in [0, 0.1) is 5.92 Å². The standard InChI is InChI=1S/C13H16N2O2/c1-9(2)7-8-14-15-12(16)10-5-3-4-6-11(10)13(15)17/h3-6,9,14H,7-8H2,1-2H3. The summed E-state index contributed by atoms with van der Waals surface area (Å²) in [4.78, 5) is 23.9. The Labute approximate surface area is 101 Å². The molecule has 4 heteroatoms. The van der Waals surface area contributed by atoms with Crippen LogP contribution in [-0.2, 0) is 0 Å². The van der Waals surface area contributed by atoms with E-state index in [0.717, 1.165) is 11.4 Å². The molecule has 1 N–H and O–H groups in total. The Balaban J connectivity index is 2.08. The highest BCUT2D eigenvalue weighted by atomic mass is 16.2. The van der Waals surface area contributed by atoms with E-state index in [2.05, 4.69) is 19.3 Å². The van der Waals surface area contributed by atoms with Crippen LogP contribution >= 0.6 is 0 Å². The summed E-state index contributed by atoms with van der Waals surface area (Å²) < 4.78 is 0. The summed E-state index contributed by atoms with van der Waals surface area (Å²) in [5, 5.41) is 1.12. The van der Waals surface area contributed by atoms with Gasteiger partial charge in [0.2, 0.25) is 0 Å². The van der Waals surface area contributed by atoms with Crippen molar-refractivity contribution in [3.63, 3.8) is 0 Å². The second-order valence-corrected chi connectivity index (χ2v) is 4.58. The highest BCUT2D eigenvalue weighted by molar-refractivity contribution is 6.20. The normalized spacial score (nSPS) is 14.6. The largest absolute Gasteiger partial charge is 0.276 e. The topological polar surface area (TPSA) is 49.4 Å². The number of carbonyl (C=O) groups excluding carboxylic acids is 2. The average Bonchev–Trinajstić information content (AvgIpc) is 2.54. The van der Waals surface area contributed by atoms with Gasteiger partial charge in [-0.05, 0) is 24.5 Å². The minimum Gasteiger partial charge on any atom is -0.267 e. The summed E-state index contributed by atoms with van der Waals surface area (Å²) in [6.45, 7) is 4.83. The molecule has 0 saturated carbocycles.